The lowest BCUT2D eigenvalue weighted by Gasteiger charge is -2.27. The van der Waals surface area contributed by atoms with Gasteiger partial charge in [-0.15, -0.1) is 24.8 Å². The molecule has 1 fully saturated rings. The summed E-state index contributed by atoms with van der Waals surface area (Å²) in [4.78, 5) is 16.4. The van der Waals surface area contributed by atoms with Crippen LogP contribution < -0.4 is 15.4 Å². The van der Waals surface area contributed by atoms with Gasteiger partial charge in [0.15, 0.2) is 0 Å². The van der Waals surface area contributed by atoms with E-state index in [4.69, 9.17) is 27.9 Å². The third-order valence-electron chi connectivity index (χ3n) is 4.10. The Balaban J connectivity index is 0.00000182. The topological polar surface area (TPSA) is 63.2 Å². The summed E-state index contributed by atoms with van der Waals surface area (Å²) in [6.07, 6.45) is 3.18. The number of nitrogens with one attached hydrogen (secondary N) is 2. The van der Waals surface area contributed by atoms with Crippen molar-refractivity contribution >= 4 is 59.6 Å². The highest BCUT2D eigenvalue weighted by atomic mass is 35.5. The van der Waals surface area contributed by atoms with Gasteiger partial charge in [0.1, 0.15) is 10.8 Å². The highest BCUT2D eigenvalue weighted by Gasteiger charge is 2.24. The second-order valence-electron chi connectivity index (χ2n) is 6.13. The summed E-state index contributed by atoms with van der Waals surface area (Å²) in [6, 6.07) is 9.04. The predicted molar refractivity (Wildman–Crippen MR) is 114 cm³/mol. The highest BCUT2D eigenvalue weighted by molar-refractivity contribution is 6.35. The number of amides is 1. The van der Waals surface area contributed by atoms with E-state index in [1.165, 1.54) is 6.20 Å². The average Bonchev–Trinajstić information content (AvgIpc) is 2.59. The van der Waals surface area contributed by atoms with Crippen LogP contribution in [0.5, 0.6) is 11.6 Å². The summed E-state index contributed by atoms with van der Waals surface area (Å²) in [5, 5.41) is 7.09. The third-order valence-corrected chi connectivity index (χ3v) is 4.58. The van der Waals surface area contributed by atoms with Crippen molar-refractivity contribution in [2.75, 3.05) is 11.9 Å². The van der Waals surface area contributed by atoms with E-state index in [0.29, 0.717) is 21.8 Å². The van der Waals surface area contributed by atoms with E-state index in [1.54, 1.807) is 30.3 Å². The summed E-state index contributed by atoms with van der Waals surface area (Å²) in [5.41, 5.74) is 0.735. The Kier molecular flexibility index (Phi) is 9.63. The molecule has 3 rings (SSSR count). The summed E-state index contributed by atoms with van der Waals surface area (Å²) in [5.74, 6) is 0.963. The van der Waals surface area contributed by atoms with Gasteiger partial charge < -0.3 is 15.4 Å². The molecule has 1 aliphatic rings. The number of carbonyl (C=O) groups excluding carboxylic acids is 1. The molecule has 0 aliphatic carbocycles. The van der Waals surface area contributed by atoms with Crippen LogP contribution in [0.2, 0.25) is 10.0 Å². The standard InChI is InChI=1S/C18H19Cl2N3O2.2ClH/c1-11-8-12(6-7-21-11)17(24)23-14-2-4-15(5-3-14)25-18-16(20)9-13(19)10-22-18;;/h2-5,9-12,21H,6-8H2,1H3,(H,23,24);2*1H/t11-,12-;;/m0../s1. The molecule has 0 unspecified atom stereocenters. The Morgan fingerprint density at radius 3 is 2.59 bits per heavy atom. The second-order valence-corrected chi connectivity index (χ2v) is 6.98. The van der Waals surface area contributed by atoms with E-state index in [0.717, 1.165) is 25.1 Å². The minimum atomic E-state index is 0. The first-order valence-electron chi connectivity index (χ1n) is 8.14. The fourth-order valence-electron chi connectivity index (χ4n) is 2.81. The van der Waals surface area contributed by atoms with Crippen molar-refractivity contribution in [1.82, 2.24) is 10.3 Å². The zero-order valence-corrected chi connectivity index (χ0v) is 17.7. The first-order valence-corrected chi connectivity index (χ1v) is 8.90. The van der Waals surface area contributed by atoms with Crippen LogP contribution in [0.25, 0.3) is 0 Å². The van der Waals surface area contributed by atoms with Gasteiger partial charge in [0, 0.05) is 23.8 Å². The number of hydrogen-bond donors (Lipinski definition) is 2. The number of carbonyl (C=O) groups is 1. The number of aromatic nitrogens is 1. The predicted octanol–water partition coefficient (Wildman–Crippen LogP) is 5.35. The van der Waals surface area contributed by atoms with Gasteiger partial charge in [-0.2, -0.15) is 0 Å². The molecule has 1 saturated heterocycles. The number of ether oxygens (including phenoxy) is 1. The molecule has 1 aliphatic heterocycles. The first-order chi connectivity index (χ1) is 12.0. The Hall–Kier alpha value is -1.24. The van der Waals surface area contributed by atoms with Gasteiger partial charge in [-0.05, 0) is 56.6 Å². The van der Waals surface area contributed by atoms with E-state index >= 15 is 0 Å². The maximum Gasteiger partial charge on any atom is 0.238 e. The van der Waals surface area contributed by atoms with Crippen LogP contribution in [-0.4, -0.2) is 23.5 Å². The van der Waals surface area contributed by atoms with Crippen LogP contribution in [-0.2, 0) is 4.79 Å². The van der Waals surface area contributed by atoms with Gasteiger partial charge in [-0.25, -0.2) is 4.98 Å². The largest absolute Gasteiger partial charge is 0.438 e. The number of anilines is 1. The molecule has 1 aromatic heterocycles. The van der Waals surface area contributed by atoms with Crippen molar-refractivity contribution in [2.45, 2.75) is 25.8 Å². The van der Waals surface area contributed by atoms with Crippen LogP contribution >= 0.6 is 48.0 Å². The molecule has 0 radical (unpaired) electrons. The van der Waals surface area contributed by atoms with Crippen molar-refractivity contribution < 1.29 is 9.53 Å². The van der Waals surface area contributed by atoms with Gasteiger partial charge in [0.25, 0.3) is 0 Å². The smallest absolute Gasteiger partial charge is 0.238 e. The van der Waals surface area contributed by atoms with Gasteiger partial charge >= 0.3 is 0 Å². The number of nitrogens with zero attached hydrogens (tertiary/aromatic N) is 1. The number of benzene rings is 1. The maximum absolute atomic E-state index is 12.4. The van der Waals surface area contributed by atoms with Gasteiger partial charge in [0.05, 0.1) is 5.02 Å². The van der Waals surface area contributed by atoms with E-state index in [2.05, 4.69) is 22.5 Å². The first kappa shape index (κ1) is 23.8. The SMILES string of the molecule is C[C@H]1C[C@@H](C(=O)Nc2ccc(Oc3ncc(Cl)cc3Cl)cc2)CCN1.Cl.Cl. The minimum Gasteiger partial charge on any atom is -0.438 e. The number of piperidine rings is 1. The number of pyridine rings is 1. The molecule has 0 spiro atoms. The van der Waals surface area contributed by atoms with Crippen LogP contribution in [0.3, 0.4) is 0 Å². The molecule has 5 nitrogen and oxygen atoms in total. The number of halogens is 4. The summed E-state index contributed by atoms with van der Waals surface area (Å²) >= 11 is 11.9. The summed E-state index contributed by atoms with van der Waals surface area (Å²) in [7, 11) is 0. The number of hydrogen-bond acceptors (Lipinski definition) is 4. The Bertz CT molecular complexity index is 759. The van der Waals surface area contributed by atoms with Crippen molar-refractivity contribution in [1.29, 1.82) is 0 Å². The van der Waals surface area contributed by atoms with Crippen molar-refractivity contribution in [3.63, 3.8) is 0 Å². The van der Waals surface area contributed by atoms with Crippen molar-refractivity contribution in [3.05, 3.63) is 46.6 Å². The maximum atomic E-state index is 12.4. The molecular formula is C18H21Cl4N3O2. The molecule has 2 aromatic rings. The fourth-order valence-corrected chi connectivity index (χ4v) is 3.23. The molecule has 9 heteroatoms. The van der Waals surface area contributed by atoms with Gasteiger partial charge in [-0.1, -0.05) is 23.2 Å². The molecule has 2 N–H and O–H groups in total. The quantitative estimate of drug-likeness (QED) is 0.656. The van der Waals surface area contributed by atoms with E-state index in [-0.39, 0.29) is 42.5 Å². The molecule has 1 aromatic carbocycles. The normalized spacial score (nSPS) is 18.6. The molecular weight excluding hydrogens is 432 g/mol. The molecule has 2 atom stereocenters. The Morgan fingerprint density at radius 1 is 1.26 bits per heavy atom. The third kappa shape index (κ3) is 6.70. The Labute approximate surface area is 181 Å². The molecule has 148 valence electrons. The molecule has 0 bridgehead atoms. The summed E-state index contributed by atoms with van der Waals surface area (Å²) < 4.78 is 5.63. The van der Waals surface area contributed by atoms with Crippen molar-refractivity contribution in [3.8, 4) is 11.6 Å². The lowest BCUT2D eigenvalue weighted by atomic mass is 9.92. The van der Waals surface area contributed by atoms with E-state index < -0.39 is 0 Å². The van der Waals surface area contributed by atoms with E-state index in [1.807, 2.05) is 0 Å². The van der Waals surface area contributed by atoms with Crippen LogP contribution in [0.15, 0.2) is 36.5 Å². The zero-order chi connectivity index (χ0) is 17.8. The highest BCUT2D eigenvalue weighted by Crippen LogP contribution is 2.29. The lowest BCUT2D eigenvalue weighted by molar-refractivity contribution is -0.120. The van der Waals surface area contributed by atoms with Gasteiger partial charge in [-0.3, -0.25) is 4.79 Å². The van der Waals surface area contributed by atoms with Crippen LogP contribution in [0, 0.1) is 5.92 Å². The zero-order valence-electron chi connectivity index (χ0n) is 14.6. The van der Waals surface area contributed by atoms with Gasteiger partial charge in [0.2, 0.25) is 11.8 Å². The monoisotopic (exact) mass is 451 g/mol. The molecule has 27 heavy (non-hydrogen) atoms. The van der Waals surface area contributed by atoms with E-state index in [9.17, 15) is 4.79 Å². The lowest BCUT2D eigenvalue weighted by Crippen LogP contribution is -2.40. The molecule has 2 heterocycles. The fraction of sp³-hybridized carbons (Fsp3) is 0.333. The Morgan fingerprint density at radius 2 is 1.96 bits per heavy atom. The second kappa shape index (κ2) is 10.9. The average molecular weight is 453 g/mol. The molecule has 0 saturated carbocycles. The summed E-state index contributed by atoms with van der Waals surface area (Å²) in [6.45, 7) is 2.97. The minimum absolute atomic E-state index is 0. The van der Waals surface area contributed by atoms with Crippen LogP contribution in [0.1, 0.15) is 19.8 Å². The number of rotatable bonds is 4. The van der Waals surface area contributed by atoms with Crippen molar-refractivity contribution in [2.24, 2.45) is 5.92 Å². The molecule has 1 amide bonds. The van der Waals surface area contributed by atoms with Crippen LogP contribution in [0.4, 0.5) is 5.69 Å².